The maximum absolute atomic E-state index is 12.5. The maximum atomic E-state index is 12.5. The normalized spacial score (nSPS) is 13.6. The van der Waals surface area contributed by atoms with Crippen molar-refractivity contribution in [1.29, 1.82) is 0 Å². The van der Waals surface area contributed by atoms with Crippen LogP contribution in [-0.2, 0) is 42.0 Å². The Kier molecular flexibility index (Phi) is 4.50. The van der Waals surface area contributed by atoms with Crippen molar-refractivity contribution >= 4 is 10.8 Å². The molecule has 1 atom stereocenters. The van der Waals surface area contributed by atoms with Crippen LogP contribution in [0.1, 0.15) is 29.8 Å². The Balaban J connectivity index is 2.04. The zero-order chi connectivity index (χ0) is 15.6. The highest BCUT2D eigenvalue weighted by Crippen LogP contribution is 2.28. The van der Waals surface area contributed by atoms with Crippen molar-refractivity contribution in [3.05, 3.63) is 35.0 Å². The van der Waals surface area contributed by atoms with E-state index in [0.717, 1.165) is 16.4 Å². The van der Waals surface area contributed by atoms with E-state index in [0.29, 0.717) is 12.2 Å². The van der Waals surface area contributed by atoms with Crippen LogP contribution in [0.15, 0.2) is 16.7 Å². The molecule has 2 rings (SSSR count). The molecule has 0 saturated heterocycles. The highest BCUT2D eigenvalue weighted by molar-refractivity contribution is 7.83. The molecule has 0 spiro atoms. The average molecular weight is 321 g/mol. The second-order valence-corrected chi connectivity index (χ2v) is 5.97. The summed E-state index contributed by atoms with van der Waals surface area (Å²) in [6, 6.07) is 2.61. The fourth-order valence-electron chi connectivity index (χ4n) is 1.74. The van der Waals surface area contributed by atoms with Crippen molar-refractivity contribution in [2.75, 3.05) is 0 Å². The molecule has 0 fully saturated rings. The number of halogens is 3. The summed E-state index contributed by atoms with van der Waals surface area (Å²) < 4.78 is 55.7. The van der Waals surface area contributed by atoms with Gasteiger partial charge in [0, 0.05) is 23.9 Å². The van der Waals surface area contributed by atoms with Gasteiger partial charge >= 0.3 is 6.18 Å². The predicted octanol–water partition coefficient (Wildman–Crippen LogP) is 2.44. The quantitative estimate of drug-likeness (QED) is 0.848. The third-order valence-electron chi connectivity index (χ3n) is 2.85. The molecule has 2 aromatic rings. The van der Waals surface area contributed by atoms with Gasteiger partial charge < -0.3 is 4.52 Å². The van der Waals surface area contributed by atoms with E-state index in [4.69, 9.17) is 4.52 Å². The van der Waals surface area contributed by atoms with E-state index in [-0.39, 0.29) is 17.2 Å². The van der Waals surface area contributed by atoms with E-state index in [2.05, 4.69) is 10.3 Å². The molecule has 5 nitrogen and oxygen atoms in total. The fraction of sp³-hybridized carbons (Fsp3) is 0.500. The zero-order valence-corrected chi connectivity index (χ0v) is 12.3. The van der Waals surface area contributed by atoms with Crippen LogP contribution in [-0.4, -0.2) is 19.1 Å². The lowest BCUT2D eigenvalue weighted by molar-refractivity contribution is -0.141. The standard InChI is InChI=1S/C12H14F3N3O2S/c1-3-8-4-10(20-17-8)7-21(19)6-9-5-11(12(13,14)15)16-18(9)2/h4-5H,3,6-7H2,1-2H3. The van der Waals surface area contributed by atoms with Crippen molar-refractivity contribution in [2.24, 2.45) is 7.05 Å². The smallest absolute Gasteiger partial charge is 0.360 e. The highest BCUT2D eigenvalue weighted by Gasteiger charge is 2.34. The predicted molar refractivity (Wildman–Crippen MR) is 69.6 cm³/mol. The molecule has 0 bridgehead atoms. The molecule has 9 heteroatoms. The Morgan fingerprint density at radius 2 is 2.05 bits per heavy atom. The Bertz CT molecular complexity index is 648. The van der Waals surface area contributed by atoms with Gasteiger partial charge in [0.05, 0.1) is 22.9 Å². The van der Waals surface area contributed by atoms with E-state index in [1.165, 1.54) is 7.05 Å². The molecule has 0 radical (unpaired) electrons. The Hall–Kier alpha value is -1.64. The summed E-state index contributed by atoms with van der Waals surface area (Å²) in [4.78, 5) is 0. The summed E-state index contributed by atoms with van der Waals surface area (Å²) in [5, 5.41) is 7.15. The summed E-state index contributed by atoms with van der Waals surface area (Å²) >= 11 is 0. The third kappa shape index (κ3) is 3.93. The Morgan fingerprint density at radius 3 is 2.57 bits per heavy atom. The number of hydrogen-bond donors (Lipinski definition) is 0. The van der Waals surface area contributed by atoms with E-state index >= 15 is 0 Å². The van der Waals surface area contributed by atoms with Crippen LogP contribution >= 0.6 is 0 Å². The van der Waals surface area contributed by atoms with Crippen LogP contribution in [0, 0.1) is 0 Å². The van der Waals surface area contributed by atoms with E-state index in [1.807, 2.05) is 6.92 Å². The van der Waals surface area contributed by atoms with Gasteiger partial charge in [0.2, 0.25) is 0 Å². The van der Waals surface area contributed by atoms with Gasteiger partial charge in [-0.2, -0.15) is 18.3 Å². The van der Waals surface area contributed by atoms with Gasteiger partial charge in [0.25, 0.3) is 0 Å². The average Bonchev–Trinajstić information content (AvgIpc) is 2.96. The number of aromatic nitrogens is 3. The maximum Gasteiger partial charge on any atom is 0.435 e. The number of aryl methyl sites for hydroxylation is 2. The first kappa shape index (κ1) is 15.7. The monoisotopic (exact) mass is 321 g/mol. The van der Waals surface area contributed by atoms with E-state index in [1.54, 1.807) is 6.07 Å². The lowest BCUT2D eigenvalue weighted by Crippen LogP contribution is -2.06. The molecular formula is C12H14F3N3O2S. The summed E-state index contributed by atoms with van der Waals surface area (Å²) in [7, 11) is -0.00203. The number of rotatable bonds is 5. The molecular weight excluding hydrogens is 307 g/mol. The molecule has 0 aromatic carbocycles. The first-order chi connectivity index (χ1) is 9.79. The van der Waals surface area contributed by atoms with Crippen LogP contribution in [0.3, 0.4) is 0 Å². The summed E-state index contributed by atoms with van der Waals surface area (Å²) in [6.45, 7) is 1.91. The minimum atomic E-state index is -4.50. The van der Waals surface area contributed by atoms with E-state index < -0.39 is 22.7 Å². The molecule has 21 heavy (non-hydrogen) atoms. The molecule has 2 heterocycles. The van der Waals surface area contributed by atoms with E-state index in [9.17, 15) is 17.4 Å². The van der Waals surface area contributed by atoms with Crippen molar-refractivity contribution in [3.63, 3.8) is 0 Å². The van der Waals surface area contributed by atoms with Crippen LogP contribution in [0.5, 0.6) is 0 Å². The minimum absolute atomic E-state index is 0.0261. The number of hydrogen-bond acceptors (Lipinski definition) is 4. The van der Waals surface area contributed by atoms with Crippen LogP contribution in [0.4, 0.5) is 13.2 Å². The van der Waals surface area contributed by atoms with Gasteiger partial charge in [-0.15, -0.1) is 0 Å². The Morgan fingerprint density at radius 1 is 1.33 bits per heavy atom. The van der Waals surface area contributed by atoms with Crippen molar-refractivity contribution in [3.8, 4) is 0 Å². The molecule has 0 saturated carbocycles. The molecule has 0 aliphatic rings. The van der Waals surface area contributed by atoms with Crippen molar-refractivity contribution < 1.29 is 21.9 Å². The number of nitrogens with zero attached hydrogens (tertiary/aromatic N) is 3. The third-order valence-corrected chi connectivity index (χ3v) is 4.07. The topological polar surface area (TPSA) is 60.9 Å². The molecule has 0 aliphatic heterocycles. The second kappa shape index (κ2) is 6.00. The zero-order valence-electron chi connectivity index (χ0n) is 11.5. The molecule has 0 aliphatic carbocycles. The summed E-state index contributed by atoms with van der Waals surface area (Å²) in [5.41, 5.74) is 0.0303. The van der Waals surface area contributed by atoms with Gasteiger partial charge in [-0.25, -0.2) is 0 Å². The van der Waals surface area contributed by atoms with Crippen molar-refractivity contribution in [2.45, 2.75) is 31.0 Å². The van der Waals surface area contributed by atoms with Crippen molar-refractivity contribution in [1.82, 2.24) is 14.9 Å². The lowest BCUT2D eigenvalue weighted by Gasteiger charge is -2.00. The van der Waals surface area contributed by atoms with Gasteiger partial charge in [0.15, 0.2) is 5.69 Å². The first-order valence-electron chi connectivity index (χ1n) is 6.19. The van der Waals surface area contributed by atoms with Crippen LogP contribution < -0.4 is 0 Å². The number of alkyl halides is 3. The van der Waals surface area contributed by atoms with Gasteiger partial charge in [-0.3, -0.25) is 8.89 Å². The minimum Gasteiger partial charge on any atom is -0.360 e. The molecule has 116 valence electrons. The van der Waals surface area contributed by atoms with Gasteiger partial charge in [-0.05, 0) is 12.5 Å². The largest absolute Gasteiger partial charge is 0.435 e. The lowest BCUT2D eigenvalue weighted by atomic mass is 10.3. The first-order valence-corrected chi connectivity index (χ1v) is 7.68. The Labute approximate surface area is 121 Å². The molecule has 0 N–H and O–H groups in total. The second-order valence-electron chi connectivity index (χ2n) is 4.51. The summed E-state index contributed by atoms with van der Waals surface area (Å²) in [6.07, 6.45) is -3.80. The van der Waals surface area contributed by atoms with Gasteiger partial charge in [0.1, 0.15) is 5.76 Å². The fourth-order valence-corrected chi connectivity index (χ4v) is 2.90. The van der Waals surface area contributed by atoms with Crippen LogP contribution in [0.25, 0.3) is 0 Å². The molecule has 0 amide bonds. The van der Waals surface area contributed by atoms with Crippen LogP contribution in [0.2, 0.25) is 0 Å². The van der Waals surface area contributed by atoms with Gasteiger partial charge in [-0.1, -0.05) is 12.1 Å². The molecule has 2 aromatic heterocycles. The highest BCUT2D eigenvalue weighted by atomic mass is 32.2. The SMILES string of the molecule is CCc1cc(CS(=O)Cc2cc(C(F)(F)F)nn2C)on1. The molecule has 1 unspecified atom stereocenters. The summed E-state index contributed by atoms with van der Waals surface area (Å²) in [5.74, 6) is 0.546.